The number of phenolic OH excluding ortho intramolecular Hbond substituents is 1. The highest BCUT2D eigenvalue weighted by Gasteiger charge is 2.13. The van der Waals surface area contributed by atoms with Gasteiger partial charge in [0.25, 0.3) is 0 Å². The highest BCUT2D eigenvalue weighted by atomic mass is 16.3. The summed E-state index contributed by atoms with van der Waals surface area (Å²) in [6.45, 7) is 0. The molecule has 2 heteroatoms. The molecule has 1 N–H and O–H groups in total. The summed E-state index contributed by atoms with van der Waals surface area (Å²) in [4.78, 5) is 11.2. The lowest BCUT2D eigenvalue weighted by Gasteiger charge is -2.12. The molecule has 0 heterocycles. The number of benzene rings is 4. The van der Waals surface area contributed by atoms with Crippen LogP contribution in [0.5, 0.6) is 5.75 Å². The van der Waals surface area contributed by atoms with Gasteiger partial charge in [-0.05, 0) is 38.4 Å². The van der Waals surface area contributed by atoms with Crippen molar-refractivity contribution < 1.29 is 9.90 Å². The summed E-state index contributed by atoms with van der Waals surface area (Å²) in [6, 6.07) is 15.8. The fraction of sp³-hybridized carbons (Fsp3) is 0. The molecular formula is C17H10O2. The van der Waals surface area contributed by atoms with Crippen molar-refractivity contribution in [3.05, 3.63) is 54.1 Å². The van der Waals surface area contributed by atoms with Gasteiger partial charge in [0.05, 0.1) is 5.56 Å². The minimum Gasteiger partial charge on any atom is -0.507 e. The zero-order chi connectivity index (χ0) is 13.0. The summed E-state index contributed by atoms with van der Waals surface area (Å²) in [7, 11) is 0. The van der Waals surface area contributed by atoms with Crippen molar-refractivity contribution in [2.45, 2.75) is 0 Å². The number of phenols is 1. The fourth-order valence-electron chi connectivity index (χ4n) is 2.94. The number of carbonyl (C=O) groups is 1. The van der Waals surface area contributed by atoms with E-state index in [2.05, 4.69) is 12.1 Å². The van der Waals surface area contributed by atoms with E-state index in [0.717, 1.165) is 38.6 Å². The topological polar surface area (TPSA) is 37.3 Å². The molecule has 0 saturated heterocycles. The first-order valence-corrected chi connectivity index (χ1v) is 6.14. The number of carbonyl (C=O) groups excluding carboxylic acids is 1. The average Bonchev–Trinajstić information content (AvgIpc) is 2.44. The highest BCUT2D eigenvalue weighted by Crippen LogP contribution is 2.38. The lowest BCUT2D eigenvalue weighted by atomic mass is 9.92. The van der Waals surface area contributed by atoms with Crippen LogP contribution in [0.15, 0.2) is 48.5 Å². The van der Waals surface area contributed by atoms with Crippen molar-refractivity contribution >= 4 is 38.6 Å². The van der Waals surface area contributed by atoms with Crippen molar-refractivity contribution in [1.29, 1.82) is 0 Å². The van der Waals surface area contributed by atoms with E-state index in [9.17, 15) is 9.90 Å². The molecule has 0 spiro atoms. The van der Waals surface area contributed by atoms with Crippen molar-refractivity contribution in [2.75, 3.05) is 0 Å². The van der Waals surface area contributed by atoms with Crippen LogP contribution in [0.25, 0.3) is 32.3 Å². The zero-order valence-electron chi connectivity index (χ0n) is 10.1. The molecule has 0 aliphatic carbocycles. The van der Waals surface area contributed by atoms with Gasteiger partial charge in [-0.3, -0.25) is 4.79 Å². The first-order valence-electron chi connectivity index (χ1n) is 6.14. The summed E-state index contributed by atoms with van der Waals surface area (Å²) >= 11 is 0. The van der Waals surface area contributed by atoms with Gasteiger partial charge in [-0.15, -0.1) is 0 Å². The molecule has 0 saturated carbocycles. The molecular weight excluding hydrogens is 236 g/mol. The Hall–Kier alpha value is -2.61. The molecule has 0 fully saturated rings. The van der Waals surface area contributed by atoms with Crippen molar-refractivity contribution in [1.82, 2.24) is 0 Å². The number of rotatable bonds is 1. The molecule has 4 aromatic carbocycles. The minimum absolute atomic E-state index is 0.0425. The van der Waals surface area contributed by atoms with Crippen LogP contribution in [-0.2, 0) is 0 Å². The van der Waals surface area contributed by atoms with Crippen LogP contribution in [0.1, 0.15) is 10.4 Å². The molecule has 19 heavy (non-hydrogen) atoms. The van der Waals surface area contributed by atoms with E-state index in [1.165, 1.54) is 0 Å². The smallest absolute Gasteiger partial charge is 0.154 e. The van der Waals surface area contributed by atoms with E-state index in [1.54, 1.807) is 6.07 Å². The summed E-state index contributed by atoms with van der Waals surface area (Å²) in [5, 5.41) is 16.2. The molecule has 0 bridgehead atoms. The van der Waals surface area contributed by atoms with E-state index in [4.69, 9.17) is 0 Å². The number of hydrogen-bond acceptors (Lipinski definition) is 2. The van der Waals surface area contributed by atoms with Gasteiger partial charge in [0.15, 0.2) is 6.29 Å². The van der Waals surface area contributed by atoms with Gasteiger partial charge in [-0.1, -0.05) is 42.5 Å². The first kappa shape index (κ1) is 10.3. The lowest BCUT2D eigenvalue weighted by Crippen LogP contribution is -1.89. The highest BCUT2D eigenvalue weighted by molar-refractivity contribution is 6.25. The summed E-state index contributed by atoms with van der Waals surface area (Å²) < 4.78 is 0. The third-order valence-electron chi connectivity index (χ3n) is 3.79. The molecule has 0 unspecified atom stereocenters. The SMILES string of the molecule is O=Cc1c(O)cc2ccc3cccc4ccc1c2c34. The van der Waals surface area contributed by atoms with Gasteiger partial charge in [-0.2, -0.15) is 0 Å². The summed E-state index contributed by atoms with van der Waals surface area (Å²) in [5.41, 5.74) is 0.366. The third kappa shape index (κ3) is 1.23. The normalized spacial score (nSPS) is 11.6. The second-order valence-corrected chi connectivity index (χ2v) is 4.78. The van der Waals surface area contributed by atoms with Gasteiger partial charge in [0.1, 0.15) is 5.75 Å². The molecule has 4 rings (SSSR count). The minimum atomic E-state index is 0.0425. The molecule has 0 aromatic heterocycles. The van der Waals surface area contributed by atoms with E-state index in [-0.39, 0.29) is 5.75 Å². The Kier molecular flexibility index (Phi) is 1.88. The van der Waals surface area contributed by atoms with Gasteiger partial charge < -0.3 is 5.11 Å². The van der Waals surface area contributed by atoms with E-state index < -0.39 is 0 Å². The maximum atomic E-state index is 11.2. The Bertz CT molecular complexity index is 922. The second-order valence-electron chi connectivity index (χ2n) is 4.78. The maximum absolute atomic E-state index is 11.2. The van der Waals surface area contributed by atoms with Crippen molar-refractivity contribution in [3.8, 4) is 5.75 Å². The Balaban J connectivity index is 2.43. The molecule has 4 aromatic rings. The van der Waals surface area contributed by atoms with E-state index in [1.807, 2.05) is 30.3 Å². The Morgan fingerprint density at radius 1 is 0.842 bits per heavy atom. The van der Waals surface area contributed by atoms with Crippen LogP contribution in [-0.4, -0.2) is 11.4 Å². The fourth-order valence-corrected chi connectivity index (χ4v) is 2.94. The van der Waals surface area contributed by atoms with Crippen LogP contribution < -0.4 is 0 Å². The Morgan fingerprint density at radius 2 is 1.53 bits per heavy atom. The Labute approximate surface area is 109 Å². The van der Waals surface area contributed by atoms with Crippen LogP contribution in [0, 0.1) is 0 Å². The first-order chi connectivity index (χ1) is 9.29. The monoisotopic (exact) mass is 246 g/mol. The predicted molar refractivity (Wildman–Crippen MR) is 77.2 cm³/mol. The maximum Gasteiger partial charge on any atom is 0.154 e. The largest absolute Gasteiger partial charge is 0.507 e. The second kappa shape index (κ2) is 3.45. The summed E-state index contributed by atoms with van der Waals surface area (Å²) in [6.07, 6.45) is 0.723. The van der Waals surface area contributed by atoms with Crippen LogP contribution in [0.2, 0.25) is 0 Å². The number of hydrogen-bond donors (Lipinski definition) is 1. The summed E-state index contributed by atoms with van der Waals surface area (Å²) in [5.74, 6) is 0.0425. The van der Waals surface area contributed by atoms with Gasteiger partial charge in [-0.25, -0.2) is 0 Å². The van der Waals surface area contributed by atoms with Crippen molar-refractivity contribution in [2.24, 2.45) is 0 Å². The van der Waals surface area contributed by atoms with Crippen molar-refractivity contribution in [3.63, 3.8) is 0 Å². The van der Waals surface area contributed by atoms with Gasteiger partial charge >= 0.3 is 0 Å². The van der Waals surface area contributed by atoms with E-state index >= 15 is 0 Å². The molecule has 0 aliphatic heterocycles. The molecule has 0 aliphatic rings. The standard InChI is InChI=1S/C17H10O2/c18-9-14-13-7-6-11-3-1-2-10-4-5-12(8-15(14)19)17(13)16(10)11/h1-9,19H. The number of aldehydes is 1. The number of aromatic hydroxyl groups is 1. The molecule has 2 nitrogen and oxygen atoms in total. The van der Waals surface area contributed by atoms with Crippen LogP contribution in [0.3, 0.4) is 0 Å². The van der Waals surface area contributed by atoms with E-state index in [0.29, 0.717) is 5.56 Å². The van der Waals surface area contributed by atoms with Crippen LogP contribution in [0.4, 0.5) is 0 Å². The molecule has 90 valence electrons. The Morgan fingerprint density at radius 3 is 2.26 bits per heavy atom. The molecule has 0 amide bonds. The third-order valence-corrected chi connectivity index (χ3v) is 3.79. The van der Waals surface area contributed by atoms with Gasteiger partial charge in [0.2, 0.25) is 0 Å². The quantitative estimate of drug-likeness (QED) is 0.405. The lowest BCUT2D eigenvalue weighted by molar-refractivity contribution is 0.112. The zero-order valence-corrected chi connectivity index (χ0v) is 10.1. The molecule has 0 atom stereocenters. The molecule has 0 radical (unpaired) electrons. The average molecular weight is 246 g/mol. The predicted octanol–water partition coefficient (Wildman–Crippen LogP) is 4.10. The van der Waals surface area contributed by atoms with Gasteiger partial charge in [0, 0.05) is 0 Å². The van der Waals surface area contributed by atoms with Crippen LogP contribution >= 0.6 is 0 Å².